The Labute approximate surface area is 157 Å². The molecule has 0 aliphatic rings. The van der Waals surface area contributed by atoms with E-state index in [-0.39, 0.29) is 10.3 Å². The molecule has 0 saturated carbocycles. The van der Waals surface area contributed by atoms with Crippen LogP contribution in [-0.2, 0) is 20.0 Å². The molecule has 0 atom stereocenters. The topological polar surface area (TPSA) is 98.2 Å². The van der Waals surface area contributed by atoms with E-state index in [1.165, 1.54) is 50.6 Å². The van der Waals surface area contributed by atoms with E-state index in [0.717, 1.165) is 5.69 Å². The summed E-state index contributed by atoms with van der Waals surface area (Å²) in [5.74, 6) is -0.355. The average molecular weight is 398 g/mol. The predicted octanol–water partition coefficient (Wildman–Crippen LogP) is 3.04. The number of hydrogen-bond acceptors (Lipinski definition) is 7. The van der Waals surface area contributed by atoms with Crippen LogP contribution in [0.3, 0.4) is 0 Å². The molecule has 0 unspecified atom stereocenters. The lowest BCUT2D eigenvalue weighted by Gasteiger charge is -2.23. The van der Waals surface area contributed by atoms with Crippen molar-refractivity contribution in [1.29, 1.82) is 0 Å². The molecule has 2 heterocycles. The molecule has 1 N–H and O–H groups in total. The van der Waals surface area contributed by atoms with Gasteiger partial charge in [0.15, 0.2) is 15.0 Å². The van der Waals surface area contributed by atoms with Gasteiger partial charge in [0.1, 0.15) is 4.75 Å². The van der Waals surface area contributed by atoms with E-state index >= 15 is 0 Å². The van der Waals surface area contributed by atoms with Gasteiger partial charge in [0.2, 0.25) is 11.8 Å². The summed E-state index contributed by atoms with van der Waals surface area (Å²) in [5.41, 5.74) is 0.674. The number of anilines is 1. The van der Waals surface area contributed by atoms with Gasteiger partial charge in [-0.1, -0.05) is 20.8 Å². The van der Waals surface area contributed by atoms with Crippen LogP contribution in [0.15, 0.2) is 28.6 Å². The summed E-state index contributed by atoms with van der Waals surface area (Å²) in [4.78, 5) is 20.9. The van der Waals surface area contributed by atoms with Crippen LogP contribution in [0.25, 0.3) is 0 Å². The summed E-state index contributed by atoms with van der Waals surface area (Å²) in [6.07, 6.45) is 1.18. The third kappa shape index (κ3) is 3.88. The van der Waals surface area contributed by atoms with Crippen LogP contribution in [0.5, 0.6) is 5.88 Å². The van der Waals surface area contributed by atoms with Crippen molar-refractivity contribution in [2.24, 2.45) is 0 Å². The van der Waals surface area contributed by atoms with Gasteiger partial charge in [-0.15, -0.1) is 11.3 Å². The number of hydrogen-bond donors (Lipinski definition) is 1. The quantitative estimate of drug-likeness (QED) is 0.833. The fourth-order valence-corrected chi connectivity index (χ4v) is 4.24. The Kier molecular flexibility index (Phi) is 5.44. The molecule has 1 amide bonds. The van der Waals surface area contributed by atoms with Gasteiger partial charge in [-0.25, -0.2) is 18.4 Å². The highest BCUT2D eigenvalue weighted by Crippen LogP contribution is 2.30. The Bertz CT molecular complexity index is 895. The van der Waals surface area contributed by atoms with Crippen molar-refractivity contribution in [3.63, 3.8) is 0 Å². The van der Waals surface area contributed by atoms with E-state index in [4.69, 9.17) is 4.74 Å². The maximum absolute atomic E-state index is 12.9. The van der Waals surface area contributed by atoms with E-state index in [1.54, 1.807) is 0 Å². The average Bonchev–Trinajstić information content (AvgIpc) is 3.03. The number of nitrogens with one attached hydrogen (secondary N) is 1. The third-order valence-electron chi connectivity index (χ3n) is 3.94. The maximum Gasteiger partial charge on any atom is 0.247 e. The van der Waals surface area contributed by atoms with Gasteiger partial charge in [0, 0.05) is 23.1 Å². The largest absolute Gasteiger partial charge is 0.481 e. The second-order valence-electron chi connectivity index (χ2n) is 7.29. The van der Waals surface area contributed by atoms with Crippen LogP contribution >= 0.6 is 11.3 Å². The molecule has 0 aliphatic heterocycles. The fourth-order valence-electron chi connectivity index (χ4n) is 1.99. The van der Waals surface area contributed by atoms with Gasteiger partial charge >= 0.3 is 0 Å². The first kappa shape index (κ1) is 20.3. The van der Waals surface area contributed by atoms with Crippen LogP contribution in [0, 0.1) is 0 Å². The van der Waals surface area contributed by atoms with Crippen molar-refractivity contribution < 1.29 is 17.9 Å². The molecule has 26 heavy (non-hydrogen) atoms. The Hall–Kier alpha value is -2.00. The van der Waals surface area contributed by atoms with Gasteiger partial charge in [-0.05, 0) is 19.9 Å². The highest BCUT2D eigenvalue weighted by molar-refractivity contribution is 7.93. The van der Waals surface area contributed by atoms with E-state index in [1.807, 2.05) is 26.2 Å². The summed E-state index contributed by atoms with van der Waals surface area (Å²) < 4.78 is 29.0. The Morgan fingerprint density at radius 1 is 1.19 bits per heavy atom. The summed E-state index contributed by atoms with van der Waals surface area (Å²) in [6.45, 7) is 8.76. The zero-order chi connectivity index (χ0) is 19.8. The lowest BCUT2D eigenvalue weighted by atomic mass is 9.93. The highest BCUT2D eigenvalue weighted by atomic mass is 32.2. The third-order valence-corrected chi connectivity index (χ3v) is 7.09. The van der Waals surface area contributed by atoms with Crippen molar-refractivity contribution >= 4 is 32.2 Å². The Morgan fingerprint density at radius 3 is 2.31 bits per heavy atom. The second-order valence-corrected chi connectivity index (χ2v) is 10.6. The van der Waals surface area contributed by atoms with Crippen molar-refractivity contribution in [2.45, 2.75) is 49.7 Å². The lowest BCUT2D eigenvalue weighted by Crippen LogP contribution is -2.44. The number of amides is 1. The zero-order valence-electron chi connectivity index (χ0n) is 15.7. The molecule has 9 heteroatoms. The van der Waals surface area contributed by atoms with Gasteiger partial charge in [-0.2, -0.15) is 0 Å². The Morgan fingerprint density at radius 2 is 1.85 bits per heavy atom. The number of thiazole rings is 1. The van der Waals surface area contributed by atoms with Crippen molar-refractivity contribution in [3.8, 4) is 5.88 Å². The molecule has 0 radical (unpaired) electrons. The number of ether oxygens (including phenoxy) is 1. The molecule has 0 aliphatic carbocycles. The normalized spacial score (nSPS) is 12.7. The second kappa shape index (κ2) is 6.96. The number of pyridine rings is 1. The van der Waals surface area contributed by atoms with Crippen LogP contribution in [-0.4, -0.2) is 36.1 Å². The van der Waals surface area contributed by atoms with Crippen molar-refractivity contribution in [2.75, 3.05) is 12.4 Å². The van der Waals surface area contributed by atoms with Crippen LogP contribution in [0.1, 0.15) is 40.3 Å². The van der Waals surface area contributed by atoms with Crippen LogP contribution in [0.2, 0.25) is 0 Å². The minimum Gasteiger partial charge on any atom is -0.481 e. The smallest absolute Gasteiger partial charge is 0.247 e. The van der Waals surface area contributed by atoms with Gasteiger partial charge in [0.05, 0.1) is 17.7 Å². The van der Waals surface area contributed by atoms with E-state index in [9.17, 15) is 13.2 Å². The molecular weight excluding hydrogens is 374 g/mol. The van der Waals surface area contributed by atoms with Crippen LogP contribution < -0.4 is 10.1 Å². The number of carbonyl (C=O) groups excluding carboxylic acids is 1. The summed E-state index contributed by atoms with van der Waals surface area (Å²) in [5, 5.41) is 4.84. The number of sulfone groups is 1. The van der Waals surface area contributed by atoms with E-state index < -0.39 is 20.5 Å². The summed E-state index contributed by atoms with van der Waals surface area (Å²) in [6, 6.07) is 2.81. The van der Waals surface area contributed by atoms with Crippen LogP contribution in [0.4, 0.5) is 5.13 Å². The van der Waals surface area contributed by atoms with E-state index in [2.05, 4.69) is 15.3 Å². The monoisotopic (exact) mass is 397 g/mol. The van der Waals surface area contributed by atoms with Gasteiger partial charge in [-0.3, -0.25) is 4.79 Å². The maximum atomic E-state index is 12.9. The minimum absolute atomic E-state index is 0.0482. The first-order valence-electron chi connectivity index (χ1n) is 7.91. The van der Waals surface area contributed by atoms with Crippen molar-refractivity contribution in [1.82, 2.24) is 9.97 Å². The minimum atomic E-state index is -3.96. The molecule has 0 fully saturated rings. The molecule has 2 aromatic rings. The fraction of sp³-hybridized carbons (Fsp3) is 0.471. The zero-order valence-corrected chi connectivity index (χ0v) is 17.3. The molecule has 0 aromatic carbocycles. The first-order chi connectivity index (χ1) is 11.9. The molecule has 2 rings (SSSR count). The number of methoxy groups -OCH3 is 1. The predicted molar refractivity (Wildman–Crippen MR) is 101 cm³/mol. The number of nitrogens with zero attached hydrogens (tertiary/aromatic N) is 2. The summed E-state index contributed by atoms with van der Waals surface area (Å²) >= 11 is 1.27. The summed E-state index contributed by atoms with van der Waals surface area (Å²) in [7, 11) is -2.52. The molecule has 0 spiro atoms. The molecule has 2 aromatic heterocycles. The van der Waals surface area contributed by atoms with E-state index in [0.29, 0.717) is 11.0 Å². The molecular formula is C17H23N3O4S2. The van der Waals surface area contributed by atoms with Crippen molar-refractivity contribution in [3.05, 3.63) is 29.4 Å². The van der Waals surface area contributed by atoms with Gasteiger partial charge < -0.3 is 10.1 Å². The molecule has 142 valence electrons. The molecule has 0 bridgehead atoms. The Balaban J connectivity index is 2.26. The van der Waals surface area contributed by atoms with Gasteiger partial charge in [0.25, 0.3) is 0 Å². The number of rotatable bonds is 5. The number of aromatic nitrogens is 2. The molecule has 0 saturated heterocycles. The lowest BCUT2D eigenvalue weighted by molar-refractivity contribution is -0.117. The molecule has 7 nitrogen and oxygen atoms in total. The first-order valence-corrected chi connectivity index (χ1v) is 10.3. The SMILES string of the molecule is COc1ccc(S(=O)(=O)C(C)(C)C(=O)Nc2nc(C(C)(C)C)cs2)cn1. The highest BCUT2D eigenvalue weighted by Gasteiger charge is 2.43. The number of carbonyl (C=O) groups is 1. The standard InChI is InChI=1S/C17H23N3O4S2/c1-16(2,3)12-10-25-15(19-12)20-14(21)17(4,5)26(22,23)11-7-8-13(24-6)18-9-11/h7-10H,1-6H3,(H,19,20,21).